The number of carbonyl (C=O) groups is 1. The summed E-state index contributed by atoms with van der Waals surface area (Å²) in [4.78, 5) is 11.7. The van der Waals surface area contributed by atoms with E-state index in [0.717, 1.165) is 12.3 Å². The summed E-state index contributed by atoms with van der Waals surface area (Å²) in [5.74, 6) is 1.08. The SMILES string of the molecule is CCC1CCc2cc(C(=O)OC)ccc2C1C(C)(C)C. The van der Waals surface area contributed by atoms with Crippen LogP contribution in [0.15, 0.2) is 18.2 Å². The number of aryl methyl sites for hydroxylation is 1. The summed E-state index contributed by atoms with van der Waals surface area (Å²) in [6.07, 6.45) is 3.52. The first kappa shape index (κ1) is 15.1. The average molecular weight is 274 g/mol. The van der Waals surface area contributed by atoms with E-state index in [-0.39, 0.29) is 11.4 Å². The highest BCUT2D eigenvalue weighted by atomic mass is 16.5. The van der Waals surface area contributed by atoms with Gasteiger partial charge in [-0.25, -0.2) is 4.79 Å². The van der Waals surface area contributed by atoms with Crippen molar-refractivity contribution in [2.75, 3.05) is 7.11 Å². The van der Waals surface area contributed by atoms with E-state index in [4.69, 9.17) is 4.74 Å². The van der Waals surface area contributed by atoms with Crippen LogP contribution in [-0.2, 0) is 11.2 Å². The number of rotatable bonds is 2. The zero-order chi connectivity index (χ0) is 14.9. The monoisotopic (exact) mass is 274 g/mol. The molecule has 20 heavy (non-hydrogen) atoms. The van der Waals surface area contributed by atoms with Crippen LogP contribution < -0.4 is 0 Å². The first-order valence-electron chi connectivity index (χ1n) is 7.59. The number of esters is 1. The van der Waals surface area contributed by atoms with Gasteiger partial charge >= 0.3 is 5.97 Å². The molecule has 1 aliphatic rings. The van der Waals surface area contributed by atoms with Gasteiger partial charge in [-0.1, -0.05) is 40.2 Å². The second-order valence-electron chi connectivity index (χ2n) is 6.96. The van der Waals surface area contributed by atoms with Gasteiger partial charge in [-0.15, -0.1) is 0 Å². The molecule has 110 valence electrons. The normalized spacial score (nSPS) is 22.2. The van der Waals surface area contributed by atoms with Crippen LogP contribution in [0.2, 0.25) is 0 Å². The van der Waals surface area contributed by atoms with Gasteiger partial charge in [0, 0.05) is 0 Å². The van der Waals surface area contributed by atoms with E-state index in [1.54, 1.807) is 0 Å². The van der Waals surface area contributed by atoms with E-state index in [2.05, 4.69) is 33.8 Å². The Morgan fingerprint density at radius 1 is 1.35 bits per heavy atom. The van der Waals surface area contributed by atoms with Crippen LogP contribution in [0.3, 0.4) is 0 Å². The van der Waals surface area contributed by atoms with E-state index in [1.807, 2.05) is 12.1 Å². The zero-order valence-electron chi connectivity index (χ0n) is 13.3. The van der Waals surface area contributed by atoms with Crippen LogP contribution in [-0.4, -0.2) is 13.1 Å². The van der Waals surface area contributed by atoms with Gasteiger partial charge in [0.05, 0.1) is 12.7 Å². The van der Waals surface area contributed by atoms with Gasteiger partial charge in [0.2, 0.25) is 0 Å². The van der Waals surface area contributed by atoms with Crippen molar-refractivity contribution in [1.82, 2.24) is 0 Å². The molecule has 2 atom stereocenters. The Morgan fingerprint density at radius 2 is 2.05 bits per heavy atom. The third kappa shape index (κ3) is 2.74. The number of ether oxygens (including phenoxy) is 1. The minimum Gasteiger partial charge on any atom is -0.465 e. The van der Waals surface area contributed by atoms with Crippen molar-refractivity contribution < 1.29 is 9.53 Å². The van der Waals surface area contributed by atoms with Crippen LogP contribution in [0.25, 0.3) is 0 Å². The maximum atomic E-state index is 11.7. The molecule has 2 nitrogen and oxygen atoms in total. The van der Waals surface area contributed by atoms with Gasteiger partial charge in [0.15, 0.2) is 0 Å². The summed E-state index contributed by atoms with van der Waals surface area (Å²) < 4.78 is 4.82. The molecule has 0 N–H and O–H groups in total. The van der Waals surface area contributed by atoms with Gasteiger partial charge in [-0.3, -0.25) is 0 Å². The number of hydrogen-bond acceptors (Lipinski definition) is 2. The fraction of sp³-hybridized carbons (Fsp3) is 0.611. The largest absolute Gasteiger partial charge is 0.465 e. The van der Waals surface area contributed by atoms with Gasteiger partial charge in [0.1, 0.15) is 0 Å². The lowest BCUT2D eigenvalue weighted by Gasteiger charge is -2.41. The molecule has 0 aliphatic heterocycles. The molecular formula is C18H26O2. The van der Waals surface area contributed by atoms with Crippen molar-refractivity contribution in [1.29, 1.82) is 0 Å². The lowest BCUT2D eigenvalue weighted by Crippen LogP contribution is -2.30. The molecule has 1 aromatic carbocycles. The standard InChI is InChI=1S/C18H26O2/c1-6-12-7-8-13-11-14(17(19)20-5)9-10-15(13)16(12)18(2,3)4/h9-12,16H,6-8H2,1-5H3. The van der Waals surface area contributed by atoms with Crippen molar-refractivity contribution >= 4 is 5.97 Å². The molecule has 0 aromatic heterocycles. The third-order valence-electron chi connectivity index (χ3n) is 4.61. The summed E-state index contributed by atoms with van der Waals surface area (Å²) in [7, 11) is 1.44. The summed E-state index contributed by atoms with van der Waals surface area (Å²) in [5, 5.41) is 0. The molecule has 0 saturated carbocycles. The fourth-order valence-electron chi connectivity index (χ4n) is 3.75. The predicted molar refractivity (Wildman–Crippen MR) is 82.1 cm³/mol. The van der Waals surface area contributed by atoms with Crippen LogP contribution in [0.1, 0.15) is 67.9 Å². The molecule has 2 rings (SSSR count). The summed E-state index contributed by atoms with van der Waals surface area (Å²) in [6.45, 7) is 9.26. The molecule has 0 radical (unpaired) electrons. The van der Waals surface area contributed by atoms with Crippen molar-refractivity contribution in [2.45, 2.75) is 52.9 Å². The molecule has 0 saturated heterocycles. The molecule has 0 fully saturated rings. The van der Waals surface area contributed by atoms with Crippen molar-refractivity contribution in [3.63, 3.8) is 0 Å². The Labute approximate surface area is 122 Å². The number of hydrogen-bond donors (Lipinski definition) is 0. The smallest absolute Gasteiger partial charge is 0.337 e. The first-order valence-corrected chi connectivity index (χ1v) is 7.59. The van der Waals surface area contributed by atoms with Crippen LogP contribution in [0.4, 0.5) is 0 Å². The lowest BCUT2D eigenvalue weighted by molar-refractivity contribution is 0.0600. The summed E-state index contributed by atoms with van der Waals surface area (Å²) >= 11 is 0. The van der Waals surface area contributed by atoms with Crippen LogP contribution in [0, 0.1) is 11.3 Å². The van der Waals surface area contributed by atoms with Gasteiger partial charge in [-0.2, -0.15) is 0 Å². The second-order valence-corrected chi connectivity index (χ2v) is 6.96. The second kappa shape index (κ2) is 5.59. The summed E-state index contributed by atoms with van der Waals surface area (Å²) in [6, 6.07) is 6.10. The molecule has 2 heteroatoms. The molecule has 0 bridgehead atoms. The Balaban J connectivity index is 2.45. The lowest BCUT2D eigenvalue weighted by atomic mass is 9.63. The first-order chi connectivity index (χ1) is 9.38. The number of fused-ring (bicyclic) bond motifs is 1. The minimum absolute atomic E-state index is 0.238. The topological polar surface area (TPSA) is 26.3 Å². The number of carbonyl (C=O) groups excluding carboxylic acids is 1. The van der Waals surface area contributed by atoms with Gasteiger partial charge < -0.3 is 4.74 Å². The number of methoxy groups -OCH3 is 1. The van der Waals surface area contributed by atoms with Crippen molar-refractivity contribution in [3.8, 4) is 0 Å². The molecule has 1 aromatic rings. The maximum absolute atomic E-state index is 11.7. The van der Waals surface area contributed by atoms with E-state index < -0.39 is 0 Å². The van der Waals surface area contributed by atoms with Crippen molar-refractivity contribution in [2.24, 2.45) is 11.3 Å². The van der Waals surface area contributed by atoms with Crippen LogP contribution in [0.5, 0.6) is 0 Å². The van der Waals surface area contributed by atoms with E-state index in [1.165, 1.54) is 31.1 Å². The Bertz CT molecular complexity index is 497. The Morgan fingerprint density at radius 3 is 2.60 bits per heavy atom. The third-order valence-corrected chi connectivity index (χ3v) is 4.61. The fourth-order valence-corrected chi connectivity index (χ4v) is 3.75. The molecule has 0 spiro atoms. The molecule has 2 unspecified atom stereocenters. The van der Waals surface area contributed by atoms with Gasteiger partial charge in [0.25, 0.3) is 0 Å². The van der Waals surface area contributed by atoms with E-state index in [9.17, 15) is 4.79 Å². The van der Waals surface area contributed by atoms with E-state index in [0.29, 0.717) is 11.5 Å². The van der Waals surface area contributed by atoms with Crippen LogP contribution >= 0.6 is 0 Å². The highest BCUT2D eigenvalue weighted by Gasteiger charge is 2.36. The Hall–Kier alpha value is -1.31. The molecule has 0 amide bonds. The maximum Gasteiger partial charge on any atom is 0.337 e. The average Bonchev–Trinajstić information content (AvgIpc) is 2.43. The zero-order valence-corrected chi connectivity index (χ0v) is 13.3. The number of benzene rings is 1. The quantitative estimate of drug-likeness (QED) is 0.738. The molecule has 0 heterocycles. The predicted octanol–water partition coefficient (Wildman–Crippen LogP) is 4.58. The van der Waals surface area contributed by atoms with E-state index >= 15 is 0 Å². The van der Waals surface area contributed by atoms with Gasteiger partial charge in [-0.05, 0) is 53.4 Å². The molecule has 1 aliphatic carbocycles. The minimum atomic E-state index is -0.238. The van der Waals surface area contributed by atoms with Crippen molar-refractivity contribution in [3.05, 3.63) is 34.9 Å². The Kier molecular flexibility index (Phi) is 4.22. The highest BCUT2D eigenvalue weighted by Crippen LogP contribution is 2.48. The summed E-state index contributed by atoms with van der Waals surface area (Å²) in [5.41, 5.74) is 3.69. The molecular weight excluding hydrogens is 248 g/mol. The highest BCUT2D eigenvalue weighted by molar-refractivity contribution is 5.89.